The average Bonchev–Trinajstić information content (AvgIpc) is 3.32. The predicted molar refractivity (Wildman–Crippen MR) is 147 cm³/mol. The SMILES string of the molecule is COC(=O)c1ccc(OC[C@@]2(F)CCCN2C(=O)Cc2ccc(NC(=O)Nc3ccccc3C)c(Cl)c2)cc1. The molecule has 204 valence electrons. The molecule has 0 aromatic heterocycles. The summed E-state index contributed by atoms with van der Waals surface area (Å²) < 4.78 is 26.1. The molecule has 4 rings (SSSR count). The van der Waals surface area contributed by atoms with E-state index in [2.05, 4.69) is 15.4 Å². The summed E-state index contributed by atoms with van der Waals surface area (Å²) in [5.41, 5.74) is 2.91. The van der Waals surface area contributed by atoms with Crippen LogP contribution in [-0.4, -0.2) is 48.9 Å². The lowest BCUT2D eigenvalue weighted by molar-refractivity contribution is -0.144. The van der Waals surface area contributed by atoms with Crippen molar-refractivity contribution in [1.29, 1.82) is 0 Å². The quantitative estimate of drug-likeness (QED) is 0.264. The van der Waals surface area contributed by atoms with Gasteiger partial charge in [-0.3, -0.25) is 4.79 Å². The number of carbonyl (C=O) groups is 3. The molecule has 1 fully saturated rings. The van der Waals surface area contributed by atoms with Crippen LogP contribution in [0, 0.1) is 6.92 Å². The molecule has 0 aliphatic carbocycles. The van der Waals surface area contributed by atoms with Crippen molar-refractivity contribution >= 4 is 40.9 Å². The summed E-state index contributed by atoms with van der Waals surface area (Å²) in [5.74, 6) is -2.46. The van der Waals surface area contributed by atoms with Crippen LogP contribution in [-0.2, 0) is 16.0 Å². The molecule has 0 radical (unpaired) electrons. The topological polar surface area (TPSA) is 97.0 Å². The summed E-state index contributed by atoms with van der Waals surface area (Å²) in [6, 6.07) is 17.9. The minimum absolute atomic E-state index is 0.0606. The van der Waals surface area contributed by atoms with Gasteiger partial charge in [0.25, 0.3) is 0 Å². The van der Waals surface area contributed by atoms with Crippen molar-refractivity contribution in [3.63, 3.8) is 0 Å². The Morgan fingerprint density at radius 2 is 1.74 bits per heavy atom. The molecule has 1 atom stereocenters. The standard InChI is InChI=1S/C29H29ClFN3O5/c1-19-6-3-4-7-24(19)32-28(37)33-25-13-8-20(16-23(25)30)17-26(35)34-15-5-14-29(34,31)18-39-22-11-9-21(10-12-22)27(36)38-2/h3-4,6-13,16H,5,14-15,17-18H2,1-2H3,(H2,32,33,37)/t29-/m1/s1. The Kier molecular flexibility index (Phi) is 8.71. The van der Waals surface area contributed by atoms with E-state index in [1.165, 1.54) is 24.1 Å². The number of alkyl halides is 1. The number of anilines is 2. The smallest absolute Gasteiger partial charge is 0.337 e. The molecule has 1 heterocycles. The zero-order chi connectivity index (χ0) is 28.0. The van der Waals surface area contributed by atoms with Crippen molar-refractivity contribution in [1.82, 2.24) is 4.90 Å². The first-order chi connectivity index (χ1) is 18.7. The van der Waals surface area contributed by atoms with Crippen molar-refractivity contribution in [2.24, 2.45) is 0 Å². The number of likely N-dealkylation sites (tertiary alicyclic amines) is 1. The molecule has 1 aliphatic rings. The first-order valence-electron chi connectivity index (χ1n) is 12.4. The lowest BCUT2D eigenvalue weighted by Crippen LogP contribution is -2.48. The highest BCUT2D eigenvalue weighted by Gasteiger charge is 2.44. The van der Waals surface area contributed by atoms with E-state index in [9.17, 15) is 14.4 Å². The third kappa shape index (κ3) is 6.86. The number of carbonyl (C=O) groups excluding carboxylic acids is 3. The number of hydrogen-bond donors (Lipinski definition) is 2. The summed E-state index contributed by atoms with van der Waals surface area (Å²) in [5, 5.41) is 5.73. The molecule has 3 amide bonds. The van der Waals surface area contributed by atoms with Crippen LogP contribution in [0.15, 0.2) is 66.7 Å². The van der Waals surface area contributed by atoms with E-state index in [0.29, 0.717) is 34.7 Å². The van der Waals surface area contributed by atoms with E-state index in [-0.39, 0.29) is 31.0 Å². The Balaban J connectivity index is 1.34. The van der Waals surface area contributed by atoms with Crippen molar-refractivity contribution in [3.8, 4) is 5.75 Å². The first kappa shape index (κ1) is 27.9. The highest BCUT2D eigenvalue weighted by Crippen LogP contribution is 2.33. The minimum Gasteiger partial charge on any atom is -0.488 e. The van der Waals surface area contributed by atoms with Gasteiger partial charge in [0, 0.05) is 18.7 Å². The molecule has 3 aromatic rings. The number of aryl methyl sites for hydroxylation is 1. The summed E-state index contributed by atoms with van der Waals surface area (Å²) in [6.45, 7) is 1.82. The number of urea groups is 1. The van der Waals surface area contributed by atoms with Crippen molar-refractivity contribution in [2.75, 3.05) is 30.9 Å². The summed E-state index contributed by atoms with van der Waals surface area (Å²) in [7, 11) is 1.29. The van der Waals surface area contributed by atoms with Crippen LogP contribution >= 0.6 is 11.6 Å². The van der Waals surface area contributed by atoms with Gasteiger partial charge in [-0.15, -0.1) is 0 Å². The third-order valence-corrected chi connectivity index (χ3v) is 6.80. The van der Waals surface area contributed by atoms with Crippen LogP contribution in [0.5, 0.6) is 5.75 Å². The molecular weight excluding hydrogens is 525 g/mol. The Bertz CT molecular complexity index is 1370. The number of amides is 3. The fourth-order valence-electron chi connectivity index (χ4n) is 4.37. The fourth-order valence-corrected chi connectivity index (χ4v) is 4.62. The number of esters is 1. The molecule has 8 nitrogen and oxygen atoms in total. The van der Waals surface area contributed by atoms with Gasteiger partial charge in [0.2, 0.25) is 11.7 Å². The number of halogens is 2. The molecule has 39 heavy (non-hydrogen) atoms. The van der Waals surface area contributed by atoms with E-state index in [0.717, 1.165) is 5.56 Å². The minimum atomic E-state index is -1.96. The first-order valence-corrected chi connectivity index (χ1v) is 12.8. The Morgan fingerprint density at radius 3 is 2.44 bits per heavy atom. The van der Waals surface area contributed by atoms with E-state index in [4.69, 9.17) is 16.3 Å². The number of nitrogens with one attached hydrogen (secondary N) is 2. The second-order valence-electron chi connectivity index (χ2n) is 9.26. The lowest BCUT2D eigenvalue weighted by Gasteiger charge is -2.31. The van der Waals surface area contributed by atoms with Crippen molar-refractivity contribution in [3.05, 3.63) is 88.4 Å². The molecule has 3 aromatic carbocycles. The maximum atomic E-state index is 15.8. The van der Waals surface area contributed by atoms with Crippen LogP contribution in [0.2, 0.25) is 5.02 Å². The van der Waals surface area contributed by atoms with Gasteiger partial charge in [-0.25, -0.2) is 14.0 Å². The maximum absolute atomic E-state index is 15.8. The molecule has 0 bridgehead atoms. The summed E-state index contributed by atoms with van der Waals surface area (Å²) in [4.78, 5) is 38.2. The van der Waals surface area contributed by atoms with Crippen LogP contribution in [0.3, 0.4) is 0 Å². The number of rotatable bonds is 8. The van der Waals surface area contributed by atoms with Gasteiger partial charge < -0.3 is 25.0 Å². The van der Waals surface area contributed by atoms with Crippen molar-refractivity contribution in [2.45, 2.75) is 32.0 Å². The number of benzene rings is 3. The highest BCUT2D eigenvalue weighted by atomic mass is 35.5. The molecule has 0 unspecified atom stereocenters. The van der Waals surface area contributed by atoms with E-state index in [1.54, 1.807) is 36.4 Å². The second kappa shape index (κ2) is 12.2. The van der Waals surface area contributed by atoms with Gasteiger partial charge in [-0.05, 0) is 66.9 Å². The van der Waals surface area contributed by atoms with E-state index in [1.807, 2.05) is 25.1 Å². The van der Waals surface area contributed by atoms with Crippen LogP contribution in [0.25, 0.3) is 0 Å². The van der Waals surface area contributed by atoms with Gasteiger partial charge in [0.05, 0.1) is 29.8 Å². The average molecular weight is 554 g/mol. The molecule has 1 saturated heterocycles. The van der Waals surface area contributed by atoms with Gasteiger partial charge in [0.15, 0.2) is 0 Å². The molecule has 2 N–H and O–H groups in total. The van der Waals surface area contributed by atoms with E-state index < -0.39 is 23.7 Å². The number of methoxy groups -OCH3 is 1. The largest absolute Gasteiger partial charge is 0.488 e. The third-order valence-electron chi connectivity index (χ3n) is 6.49. The predicted octanol–water partition coefficient (Wildman–Crippen LogP) is 5.99. The maximum Gasteiger partial charge on any atom is 0.337 e. The lowest BCUT2D eigenvalue weighted by atomic mass is 10.1. The molecular formula is C29H29ClFN3O5. The van der Waals surface area contributed by atoms with Crippen LogP contribution in [0.4, 0.5) is 20.6 Å². The number of para-hydroxylation sites is 1. The van der Waals surface area contributed by atoms with Gasteiger partial charge in [-0.1, -0.05) is 35.9 Å². The molecule has 10 heteroatoms. The van der Waals surface area contributed by atoms with Gasteiger partial charge in [-0.2, -0.15) is 0 Å². The van der Waals surface area contributed by atoms with E-state index >= 15 is 4.39 Å². The second-order valence-corrected chi connectivity index (χ2v) is 9.66. The summed E-state index contributed by atoms with van der Waals surface area (Å²) >= 11 is 6.37. The fraction of sp³-hybridized carbons (Fsp3) is 0.276. The monoisotopic (exact) mass is 553 g/mol. The molecule has 0 saturated carbocycles. The van der Waals surface area contributed by atoms with Gasteiger partial charge >= 0.3 is 12.0 Å². The normalized spacial score (nSPS) is 16.5. The van der Waals surface area contributed by atoms with Crippen LogP contribution in [0.1, 0.15) is 34.3 Å². The zero-order valence-electron chi connectivity index (χ0n) is 21.6. The number of nitrogens with zero attached hydrogens (tertiary/aromatic N) is 1. The highest BCUT2D eigenvalue weighted by molar-refractivity contribution is 6.33. The zero-order valence-corrected chi connectivity index (χ0v) is 22.4. The Hall–Kier alpha value is -4.11. The Morgan fingerprint density at radius 1 is 1.03 bits per heavy atom. The Labute approximate surface area is 231 Å². The van der Waals surface area contributed by atoms with Crippen LogP contribution < -0.4 is 15.4 Å². The summed E-state index contributed by atoms with van der Waals surface area (Å²) in [6.07, 6.45) is 0.597. The van der Waals surface area contributed by atoms with Gasteiger partial charge in [0.1, 0.15) is 12.4 Å². The van der Waals surface area contributed by atoms with Crippen molar-refractivity contribution < 1.29 is 28.2 Å². The number of ether oxygens (including phenoxy) is 2. The number of hydrogen-bond acceptors (Lipinski definition) is 5. The molecule has 0 spiro atoms. The molecule has 1 aliphatic heterocycles.